The number of likely N-dealkylation sites (tertiary alicyclic amines) is 1. The molecule has 0 unspecified atom stereocenters. The summed E-state index contributed by atoms with van der Waals surface area (Å²) in [6.45, 7) is 15.3. The van der Waals surface area contributed by atoms with Crippen LogP contribution < -0.4 is 10.2 Å². The molecule has 0 amide bonds. The van der Waals surface area contributed by atoms with Crippen molar-refractivity contribution in [2.24, 2.45) is 5.41 Å². The van der Waals surface area contributed by atoms with Crippen molar-refractivity contribution >= 4 is 44.2 Å². The highest BCUT2D eigenvalue weighted by Crippen LogP contribution is 2.41. The molecule has 3 saturated heterocycles. The van der Waals surface area contributed by atoms with Crippen molar-refractivity contribution in [3.05, 3.63) is 35.2 Å². The fourth-order valence-corrected chi connectivity index (χ4v) is 6.89. The number of hydrogen-bond acceptors (Lipinski definition) is 9. The number of morpholine rings is 1. The van der Waals surface area contributed by atoms with Crippen molar-refractivity contribution < 1.29 is 13.9 Å². The minimum Gasteiger partial charge on any atom is -0.378 e. The Hall–Kier alpha value is -2.99. The lowest BCUT2D eigenvalue weighted by molar-refractivity contribution is -0.115. The van der Waals surface area contributed by atoms with Gasteiger partial charge in [0, 0.05) is 48.8 Å². The fourth-order valence-electron chi connectivity index (χ4n) is 5.83. The number of carbonyl (C=O) groups is 1. The summed E-state index contributed by atoms with van der Waals surface area (Å²) in [6.07, 6.45) is 4.35. The minimum absolute atomic E-state index is 0.167. The summed E-state index contributed by atoms with van der Waals surface area (Å²) in [5.74, 6) is 1.25. The Morgan fingerprint density at radius 2 is 1.80 bits per heavy atom. The SMILES string of the molecule is CC.CC(C)=O.Fc1cc(-c2nc(N3CCOCC3)c3sc(CN4CC5(CCNCC5)C4)nc3n2)c2cc[nH]c2c1. The van der Waals surface area contributed by atoms with Gasteiger partial charge in [-0.1, -0.05) is 13.8 Å². The third kappa shape index (κ3) is 6.58. The normalized spacial score (nSPS) is 18.4. The number of carbonyl (C=O) groups excluding carboxylic acids is 1. The summed E-state index contributed by atoms with van der Waals surface area (Å²) < 4.78 is 21.0. The Balaban J connectivity index is 0.000000521. The van der Waals surface area contributed by atoms with E-state index in [9.17, 15) is 9.18 Å². The molecule has 220 valence electrons. The van der Waals surface area contributed by atoms with Gasteiger partial charge in [-0.15, -0.1) is 11.3 Å². The first kappa shape index (κ1) is 29.5. The Bertz CT molecular complexity index is 1480. The molecule has 0 saturated carbocycles. The van der Waals surface area contributed by atoms with E-state index in [1.165, 1.54) is 38.8 Å². The van der Waals surface area contributed by atoms with Crippen molar-refractivity contribution in [1.82, 2.24) is 30.2 Å². The van der Waals surface area contributed by atoms with Crippen LogP contribution in [-0.4, -0.2) is 83.1 Å². The highest BCUT2D eigenvalue weighted by Gasteiger charge is 2.43. The van der Waals surface area contributed by atoms with Crippen LogP contribution in [0.5, 0.6) is 0 Å². The Morgan fingerprint density at radius 1 is 1.10 bits per heavy atom. The van der Waals surface area contributed by atoms with Crippen LogP contribution in [0.2, 0.25) is 0 Å². The van der Waals surface area contributed by atoms with Gasteiger partial charge in [-0.25, -0.2) is 19.3 Å². The smallest absolute Gasteiger partial charge is 0.176 e. The van der Waals surface area contributed by atoms with Gasteiger partial charge in [0.2, 0.25) is 0 Å². The van der Waals surface area contributed by atoms with Gasteiger partial charge < -0.3 is 24.7 Å². The second-order valence-electron chi connectivity index (χ2n) is 10.9. The number of ether oxygens (including phenoxy) is 1. The molecule has 0 radical (unpaired) electrons. The van der Waals surface area contributed by atoms with Gasteiger partial charge in [0.25, 0.3) is 0 Å². The zero-order chi connectivity index (χ0) is 29.0. The molecule has 9 nitrogen and oxygen atoms in total. The molecule has 1 aromatic carbocycles. The van der Waals surface area contributed by atoms with E-state index in [4.69, 9.17) is 19.7 Å². The first-order valence-corrected chi connectivity index (χ1v) is 15.4. The monoisotopic (exact) mass is 581 g/mol. The Kier molecular flexibility index (Phi) is 9.28. The maximum atomic E-state index is 14.4. The number of thiazole rings is 1. The molecule has 2 N–H and O–H groups in total. The number of H-pyrrole nitrogens is 1. The van der Waals surface area contributed by atoms with Gasteiger partial charge in [-0.3, -0.25) is 4.90 Å². The predicted octanol–water partition coefficient (Wildman–Crippen LogP) is 5.02. The summed E-state index contributed by atoms with van der Waals surface area (Å²) in [4.78, 5) is 32.1. The maximum absolute atomic E-state index is 14.4. The highest BCUT2D eigenvalue weighted by molar-refractivity contribution is 7.19. The molecule has 11 heteroatoms. The van der Waals surface area contributed by atoms with Crippen LogP contribution in [0.3, 0.4) is 0 Å². The summed E-state index contributed by atoms with van der Waals surface area (Å²) in [5.41, 5.74) is 2.61. The van der Waals surface area contributed by atoms with E-state index in [-0.39, 0.29) is 11.6 Å². The number of halogens is 1. The molecule has 6 heterocycles. The molecule has 0 aliphatic carbocycles. The van der Waals surface area contributed by atoms with Crippen molar-refractivity contribution in [2.45, 2.75) is 47.1 Å². The lowest BCUT2D eigenvalue weighted by Crippen LogP contribution is -2.59. The third-order valence-electron chi connectivity index (χ3n) is 7.61. The average molecular weight is 582 g/mol. The van der Waals surface area contributed by atoms with Crippen LogP contribution in [0.25, 0.3) is 32.6 Å². The van der Waals surface area contributed by atoms with Crippen LogP contribution in [0.15, 0.2) is 24.4 Å². The molecule has 3 aromatic heterocycles. The number of aromatic amines is 1. The van der Waals surface area contributed by atoms with Gasteiger partial charge in [0.15, 0.2) is 17.3 Å². The number of rotatable bonds is 4. The van der Waals surface area contributed by atoms with Crippen molar-refractivity contribution in [2.75, 3.05) is 57.4 Å². The number of aromatic nitrogens is 4. The Morgan fingerprint density at radius 3 is 2.51 bits per heavy atom. The first-order chi connectivity index (χ1) is 19.9. The molecule has 7 rings (SSSR count). The number of anilines is 1. The summed E-state index contributed by atoms with van der Waals surface area (Å²) in [6, 6.07) is 4.97. The van der Waals surface area contributed by atoms with Crippen LogP contribution >= 0.6 is 11.3 Å². The number of ketones is 1. The van der Waals surface area contributed by atoms with E-state index >= 15 is 0 Å². The first-order valence-electron chi connectivity index (χ1n) is 14.6. The Labute approximate surface area is 244 Å². The average Bonchev–Trinajstić information content (AvgIpc) is 3.59. The molecule has 3 aliphatic heterocycles. The number of piperidine rings is 1. The second kappa shape index (κ2) is 12.9. The predicted molar refractivity (Wildman–Crippen MR) is 163 cm³/mol. The van der Waals surface area contributed by atoms with Gasteiger partial charge >= 0.3 is 0 Å². The molecule has 0 bridgehead atoms. The van der Waals surface area contributed by atoms with Crippen molar-refractivity contribution in [3.8, 4) is 11.4 Å². The van der Waals surface area contributed by atoms with E-state index in [1.54, 1.807) is 11.3 Å². The minimum atomic E-state index is -0.310. The molecule has 41 heavy (non-hydrogen) atoms. The van der Waals surface area contributed by atoms with Gasteiger partial charge in [0.05, 0.1) is 19.8 Å². The molecular weight excluding hydrogens is 541 g/mol. The number of hydrogen-bond donors (Lipinski definition) is 2. The molecule has 1 spiro atoms. The maximum Gasteiger partial charge on any atom is 0.176 e. The van der Waals surface area contributed by atoms with Crippen molar-refractivity contribution in [3.63, 3.8) is 0 Å². The topological polar surface area (TPSA) is 99.3 Å². The summed E-state index contributed by atoms with van der Waals surface area (Å²) in [5, 5.41) is 5.45. The number of fused-ring (bicyclic) bond motifs is 2. The molecule has 3 aliphatic rings. The fraction of sp³-hybridized carbons (Fsp3) is 0.533. The van der Waals surface area contributed by atoms with Crippen LogP contribution in [0.1, 0.15) is 45.5 Å². The van der Waals surface area contributed by atoms with Crippen LogP contribution in [0, 0.1) is 11.2 Å². The number of benzene rings is 1. The number of Topliss-reactive ketones (excluding diaryl/α,β-unsaturated/α-hetero) is 1. The standard InChI is InChI=1S/C25H28FN7OS.C3H6O.C2H6/c26-16-11-18(17-1-4-28-19(17)12-16)22-30-23-21(24(31-22)33-7-9-34-10-8-33)35-20(29-23)13-32-14-25(15-32)2-5-27-6-3-25;1-3(2)4;1-2/h1,4,11-12,27-28H,2-3,5-10,13-15H2;1-2H3;1-2H3. The van der Waals surface area contributed by atoms with E-state index < -0.39 is 0 Å². The lowest BCUT2D eigenvalue weighted by Gasteiger charge is -2.52. The molecule has 0 atom stereocenters. The number of nitrogens with one attached hydrogen (secondary N) is 2. The summed E-state index contributed by atoms with van der Waals surface area (Å²) >= 11 is 1.69. The summed E-state index contributed by atoms with van der Waals surface area (Å²) in [7, 11) is 0. The number of nitrogens with zero attached hydrogens (tertiary/aromatic N) is 5. The van der Waals surface area contributed by atoms with Gasteiger partial charge in [-0.2, -0.15) is 0 Å². The molecule has 3 fully saturated rings. The highest BCUT2D eigenvalue weighted by atomic mass is 32.1. The molecule has 4 aromatic rings. The lowest BCUT2D eigenvalue weighted by atomic mass is 9.72. The zero-order valence-electron chi connectivity index (χ0n) is 24.4. The van der Waals surface area contributed by atoms with Crippen LogP contribution in [0.4, 0.5) is 10.2 Å². The third-order valence-corrected chi connectivity index (χ3v) is 8.63. The van der Waals surface area contributed by atoms with Crippen LogP contribution in [-0.2, 0) is 16.1 Å². The quantitative estimate of drug-likeness (QED) is 0.347. The van der Waals surface area contributed by atoms with E-state index in [0.717, 1.165) is 72.2 Å². The van der Waals surface area contributed by atoms with E-state index in [2.05, 4.69) is 20.1 Å². The van der Waals surface area contributed by atoms with Crippen molar-refractivity contribution in [1.29, 1.82) is 0 Å². The van der Waals surface area contributed by atoms with E-state index in [1.807, 2.05) is 26.1 Å². The zero-order valence-corrected chi connectivity index (χ0v) is 25.2. The largest absolute Gasteiger partial charge is 0.378 e. The van der Waals surface area contributed by atoms with E-state index in [0.29, 0.717) is 35.7 Å². The molecular formula is C30H40FN7O2S. The second-order valence-corrected chi connectivity index (χ2v) is 12.0. The van der Waals surface area contributed by atoms with Gasteiger partial charge in [-0.05, 0) is 63.4 Å². The van der Waals surface area contributed by atoms with Gasteiger partial charge in [0.1, 0.15) is 21.3 Å².